The van der Waals surface area contributed by atoms with Crippen LogP contribution < -0.4 is 0 Å². The van der Waals surface area contributed by atoms with Crippen LogP contribution in [0.4, 0.5) is 0 Å². The normalized spacial score (nSPS) is 30.0. The van der Waals surface area contributed by atoms with E-state index in [-0.39, 0.29) is 0 Å². The van der Waals surface area contributed by atoms with Crippen molar-refractivity contribution in [2.45, 2.75) is 25.2 Å². The number of rotatable bonds is 3. The Hall–Kier alpha value is -1.60. The molecule has 5 rings (SSSR count). The minimum Gasteiger partial charge on any atom is -0.302 e. The van der Waals surface area contributed by atoms with E-state index in [1.54, 1.807) is 11.1 Å². The molecule has 23 heavy (non-hydrogen) atoms. The molecule has 1 heterocycles. The largest absolute Gasteiger partial charge is 0.302 e. The van der Waals surface area contributed by atoms with E-state index in [9.17, 15) is 0 Å². The van der Waals surface area contributed by atoms with E-state index in [4.69, 9.17) is 0 Å². The van der Waals surface area contributed by atoms with Crippen LogP contribution in [0.5, 0.6) is 0 Å². The summed E-state index contributed by atoms with van der Waals surface area (Å²) in [7, 11) is 0. The van der Waals surface area contributed by atoms with Crippen molar-refractivity contribution in [2.24, 2.45) is 17.8 Å². The number of fused-ring (bicyclic) bond motifs is 2. The van der Waals surface area contributed by atoms with Crippen molar-refractivity contribution in [1.82, 2.24) is 4.90 Å². The van der Waals surface area contributed by atoms with Crippen molar-refractivity contribution in [3.63, 3.8) is 0 Å². The molecule has 1 saturated heterocycles. The van der Waals surface area contributed by atoms with Gasteiger partial charge in [0.25, 0.3) is 0 Å². The fourth-order valence-electron chi connectivity index (χ4n) is 5.02. The van der Waals surface area contributed by atoms with Crippen LogP contribution in [0.25, 0.3) is 0 Å². The highest BCUT2D eigenvalue weighted by Gasteiger charge is 2.43. The van der Waals surface area contributed by atoms with Crippen molar-refractivity contribution in [2.75, 3.05) is 19.6 Å². The van der Waals surface area contributed by atoms with Gasteiger partial charge in [-0.15, -0.1) is 0 Å². The van der Waals surface area contributed by atoms with E-state index < -0.39 is 0 Å². The molecule has 1 heteroatoms. The molecule has 1 saturated carbocycles. The van der Waals surface area contributed by atoms with Crippen molar-refractivity contribution < 1.29 is 0 Å². The second-order valence-electron chi connectivity index (χ2n) is 7.88. The first kappa shape index (κ1) is 13.8. The summed E-state index contributed by atoms with van der Waals surface area (Å²) in [5.41, 5.74) is 4.70. The second kappa shape index (κ2) is 5.49. The standard InChI is InChI=1S/C22H25N/c1-2-6-17(7-3-1)22-20-9-5-4-8-18(20)12-19-14-23(15-21(19)22)13-16-10-11-16/h1-9,16,19,21-22H,10-15H2. The van der Waals surface area contributed by atoms with Gasteiger partial charge in [0, 0.05) is 25.6 Å². The highest BCUT2D eigenvalue weighted by Crippen LogP contribution is 2.47. The quantitative estimate of drug-likeness (QED) is 0.815. The average molecular weight is 303 g/mol. The highest BCUT2D eigenvalue weighted by atomic mass is 15.2. The lowest BCUT2D eigenvalue weighted by Crippen LogP contribution is -2.29. The van der Waals surface area contributed by atoms with Gasteiger partial charge in [0.15, 0.2) is 0 Å². The molecule has 1 aliphatic heterocycles. The van der Waals surface area contributed by atoms with Crippen molar-refractivity contribution in [1.29, 1.82) is 0 Å². The maximum Gasteiger partial charge on any atom is 0.0136 e. The molecule has 2 fully saturated rings. The SMILES string of the molecule is c1ccc(C2c3ccccc3CC3CN(CC4CC4)CC32)cc1. The Morgan fingerprint density at radius 1 is 0.870 bits per heavy atom. The molecule has 0 radical (unpaired) electrons. The van der Waals surface area contributed by atoms with Crippen molar-refractivity contribution in [3.8, 4) is 0 Å². The van der Waals surface area contributed by atoms with Gasteiger partial charge >= 0.3 is 0 Å². The zero-order valence-corrected chi connectivity index (χ0v) is 13.7. The van der Waals surface area contributed by atoms with Gasteiger partial charge < -0.3 is 4.90 Å². The minimum absolute atomic E-state index is 0.593. The predicted molar refractivity (Wildman–Crippen MR) is 94.6 cm³/mol. The molecule has 3 atom stereocenters. The van der Waals surface area contributed by atoms with Gasteiger partial charge in [-0.1, -0.05) is 54.6 Å². The summed E-state index contributed by atoms with van der Waals surface area (Å²) in [5.74, 6) is 3.24. The molecule has 3 aliphatic rings. The molecule has 1 nitrogen and oxygen atoms in total. The number of benzene rings is 2. The van der Waals surface area contributed by atoms with E-state index >= 15 is 0 Å². The molecule has 0 amide bonds. The maximum absolute atomic E-state index is 2.77. The van der Waals surface area contributed by atoms with Crippen LogP contribution in [0.1, 0.15) is 35.4 Å². The summed E-state index contributed by atoms with van der Waals surface area (Å²) in [6.07, 6.45) is 4.22. The maximum atomic E-state index is 2.77. The molecular formula is C22H25N. The third-order valence-electron chi connectivity index (χ3n) is 6.24. The van der Waals surface area contributed by atoms with Gasteiger partial charge in [-0.2, -0.15) is 0 Å². The fourth-order valence-corrected chi connectivity index (χ4v) is 5.02. The Morgan fingerprint density at radius 2 is 1.65 bits per heavy atom. The van der Waals surface area contributed by atoms with E-state index in [0.717, 1.165) is 17.8 Å². The molecule has 2 aromatic rings. The fraction of sp³-hybridized carbons (Fsp3) is 0.455. The first-order valence-electron chi connectivity index (χ1n) is 9.23. The van der Waals surface area contributed by atoms with Crippen LogP contribution in [0.15, 0.2) is 54.6 Å². The number of hydrogen-bond donors (Lipinski definition) is 0. The van der Waals surface area contributed by atoms with E-state index in [1.165, 1.54) is 44.5 Å². The Balaban J connectivity index is 1.52. The van der Waals surface area contributed by atoms with E-state index in [1.807, 2.05) is 0 Å². The Labute approximate surface area is 139 Å². The lowest BCUT2D eigenvalue weighted by Gasteiger charge is -2.35. The van der Waals surface area contributed by atoms with Crippen LogP contribution in [0.2, 0.25) is 0 Å². The Kier molecular flexibility index (Phi) is 3.29. The Morgan fingerprint density at radius 3 is 2.48 bits per heavy atom. The molecule has 0 N–H and O–H groups in total. The zero-order chi connectivity index (χ0) is 15.2. The second-order valence-corrected chi connectivity index (χ2v) is 7.88. The zero-order valence-electron chi connectivity index (χ0n) is 13.7. The van der Waals surface area contributed by atoms with Crippen LogP contribution in [-0.2, 0) is 6.42 Å². The molecule has 118 valence electrons. The van der Waals surface area contributed by atoms with Gasteiger partial charge in [0.2, 0.25) is 0 Å². The summed E-state index contributed by atoms with van der Waals surface area (Å²) in [5, 5.41) is 0. The Bertz CT molecular complexity index is 688. The molecule has 3 unspecified atom stereocenters. The van der Waals surface area contributed by atoms with Crippen LogP contribution in [0, 0.1) is 17.8 Å². The summed E-state index contributed by atoms with van der Waals surface area (Å²) < 4.78 is 0. The monoisotopic (exact) mass is 303 g/mol. The van der Waals surface area contributed by atoms with E-state index in [2.05, 4.69) is 59.5 Å². The summed E-state index contributed by atoms with van der Waals surface area (Å²) in [6, 6.07) is 20.4. The smallest absolute Gasteiger partial charge is 0.0136 e. The van der Waals surface area contributed by atoms with Crippen molar-refractivity contribution in [3.05, 3.63) is 71.3 Å². The number of hydrogen-bond acceptors (Lipinski definition) is 1. The topological polar surface area (TPSA) is 3.24 Å². The molecule has 2 aliphatic carbocycles. The van der Waals surface area contributed by atoms with Gasteiger partial charge in [0.1, 0.15) is 0 Å². The van der Waals surface area contributed by atoms with Gasteiger partial charge in [0.05, 0.1) is 0 Å². The van der Waals surface area contributed by atoms with Gasteiger partial charge in [-0.25, -0.2) is 0 Å². The van der Waals surface area contributed by atoms with Gasteiger partial charge in [-0.3, -0.25) is 0 Å². The van der Waals surface area contributed by atoms with E-state index in [0.29, 0.717) is 5.92 Å². The molecular weight excluding hydrogens is 278 g/mol. The number of likely N-dealkylation sites (tertiary alicyclic amines) is 1. The first-order chi connectivity index (χ1) is 11.4. The lowest BCUT2D eigenvalue weighted by molar-refractivity contribution is 0.306. The van der Waals surface area contributed by atoms with Gasteiger partial charge in [-0.05, 0) is 53.7 Å². The third kappa shape index (κ3) is 2.52. The summed E-state index contributed by atoms with van der Waals surface area (Å²) in [4.78, 5) is 2.77. The highest BCUT2D eigenvalue weighted by molar-refractivity contribution is 5.42. The molecule has 0 spiro atoms. The van der Waals surface area contributed by atoms with Crippen LogP contribution in [-0.4, -0.2) is 24.5 Å². The third-order valence-corrected chi connectivity index (χ3v) is 6.24. The van der Waals surface area contributed by atoms with Crippen LogP contribution in [0.3, 0.4) is 0 Å². The summed E-state index contributed by atoms with van der Waals surface area (Å²) in [6.45, 7) is 3.97. The lowest BCUT2D eigenvalue weighted by atomic mass is 9.68. The first-order valence-corrected chi connectivity index (χ1v) is 9.23. The summed E-state index contributed by atoms with van der Waals surface area (Å²) >= 11 is 0. The minimum atomic E-state index is 0.593. The molecule has 0 bridgehead atoms. The predicted octanol–water partition coefficient (Wildman–Crippen LogP) is 4.33. The number of nitrogens with zero attached hydrogens (tertiary/aromatic N) is 1. The molecule has 0 aromatic heterocycles. The van der Waals surface area contributed by atoms with Crippen LogP contribution >= 0.6 is 0 Å². The molecule has 2 aromatic carbocycles. The average Bonchev–Trinajstić information content (AvgIpc) is 3.31. The van der Waals surface area contributed by atoms with Crippen molar-refractivity contribution >= 4 is 0 Å².